The molecule has 0 aliphatic carbocycles. The third-order valence-electron chi connectivity index (χ3n) is 2.30. The van der Waals surface area contributed by atoms with Gasteiger partial charge in [0.25, 0.3) is 10.0 Å². The SMILES string of the molecule is Nc1cc(Br)c(S(=O)(=O)Nc2cnccc2Cl)c(Br)c1. The van der Waals surface area contributed by atoms with Crippen LogP contribution in [0.4, 0.5) is 11.4 Å². The molecule has 106 valence electrons. The Morgan fingerprint density at radius 1 is 1.25 bits per heavy atom. The molecule has 3 N–H and O–H groups in total. The minimum Gasteiger partial charge on any atom is -0.399 e. The number of benzene rings is 1. The fourth-order valence-electron chi connectivity index (χ4n) is 1.48. The monoisotopic (exact) mass is 439 g/mol. The molecule has 0 fully saturated rings. The smallest absolute Gasteiger partial charge is 0.264 e. The topological polar surface area (TPSA) is 85.1 Å². The molecule has 9 heteroatoms. The van der Waals surface area contributed by atoms with Crippen molar-refractivity contribution in [3.05, 3.63) is 44.6 Å². The zero-order valence-electron chi connectivity index (χ0n) is 9.77. The molecule has 2 rings (SSSR count). The second kappa shape index (κ2) is 5.88. The second-order valence-corrected chi connectivity index (χ2v) is 7.51. The number of sulfonamides is 1. The highest BCUT2D eigenvalue weighted by Crippen LogP contribution is 2.34. The molecule has 0 spiro atoms. The zero-order chi connectivity index (χ0) is 14.9. The lowest BCUT2D eigenvalue weighted by atomic mass is 10.3. The second-order valence-electron chi connectivity index (χ2n) is 3.77. The van der Waals surface area contributed by atoms with Crippen LogP contribution in [0, 0.1) is 0 Å². The molecule has 1 aromatic heterocycles. The minimum atomic E-state index is -3.84. The van der Waals surface area contributed by atoms with Crippen molar-refractivity contribution in [2.75, 3.05) is 10.5 Å². The Balaban J connectivity index is 2.50. The summed E-state index contributed by atoms with van der Waals surface area (Å²) >= 11 is 12.3. The molecule has 0 radical (unpaired) electrons. The van der Waals surface area contributed by atoms with Crippen LogP contribution in [-0.4, -0.2) is 13.4 Å². The van der Waals surface area contributed by atoms with Gasteiger partial charge in [-0.1, -0.05) is 11.6 Å². The first-order valence-corrected chi connectivity index (χ1v) is 8.63. The van der Waals surface area contributed by atoms with Crippen LogP contribution in [0.2, 0.25) is 5.02 Å². The Morgan fingerprint density at radius 2 is 1.85 bits per heavy atom. The van der Waals surface area contributed by atoms with E-state index in [0.717, 1.165) is 0 Å². The summed E-state index contributed by atoms with van der Waals surface area (Å²) in [4.78, 5) is 3.86. The quantitative estimate of drug-likeness (QED) is 0.712. The van der Waals surface area contributed by atoms with Crippen LogP contribution in [0.3, 0.4) is 0 Å². The van der Waals surface area contributed by atoms with Gasteiger partial charge in [0.15, 0.2) is 0 Å². The molecule has 5 nitrogen and oxygen atoms in total. The average Bonchev–Trinajstić information content (AvgIpc) is 2.30. The molecule has 0 unspecified atom stereocenters. The molecule has 20 heavy (non-hydrogen) atoms. The van der Waals surface area contributed by atoms with E-state index in [4.69, 9.17) is 17.3 Å². The number of halogens is 3. The molecule has 0 atom stereocenters. The van der Waals surface area contributed by atoms with Gasteiger partial charge in [-0.2, -0.15) is 0 Å². The molecule has 1 aromatic carbocycles. The van der Waals surface area contributed by atoms with Crippen molar-refractivity contribution in [3.8, 4) is 0 Å². The summed E-state index contributed by atoms with van der Waals surface area (Å²) in [5.74, 6) is 0. The van der Waals surface area contributed by atoms with Gasteiger partial charge in [-0.3, -0.25) is 9.71 Å². The average molecular weight is 442 g/mol. The van der Waals surface area contributed by atoms with E-state index < -0.39 is 10.0 Å². The van der Waals surface area contributed by atoms with Gasteiger partial charge in [0, 0.05) is 20.8 Å². The van der Waals surface area contributed by atoms with Gasteiger partial charge < -0.3 is 5.73 Å². The van der Waals surface area contributed by atoms with Crippen molar-refractivity contribution in [2.45, 2.75) is 4.90 Å². The standard InChI is InChI=1S/C11H8Br2ClN3O2S/c12-7-3-6(15)4-8(13)11(7)20(18,19)17-10-5-16-2-1-9(10)14/h1-5,17H,15H2. The Kier molecular flexibility index (Phi) is 4.58. The van der Waals surface area contributed by atoms with Crippen molar-refractivity contribution in [2.24, 2.45) is 0 Å². The maximum atomic E-state index is 12.4. The van der Waals surface area contributed by atoms with Crippen LogP contribution in [0.1, 0.15) is 0 Å². The molecule has 0 bridgehead atoms. The van der Waals surface area contributed by atoms with Crippen molar-refractivity contribution < 1.29 is 8.42 Å². The Bertz CT molecular complexity index is 745. The van der Waals surface area contributed by atoms with E-state index in [1.54, 1.807) is 0 Å². The molecule has 0 aliphatic rings. The molecule has 0 saturated heterocycles. The number of nitrogens with zero attached hydrogens (tertiary/aromatic N) is 1. The molecular weight excluding hydrogens is 433 g/mol. The fourth-order valence-corrected chi connectivity index (χ4v) is 5.38. The number of pyridine rings is 1. The summed E-state index contributed by atoms with van der Waals surface area (Å²) in [6, 6.07) is 4.50. The largest absolute Gasteiger partial charge is 0.399 e. The Morgan fingerprint density at radius 3 is 2.40 bits per heavy atom. The van der Waals surface area contributed by atoms with Gasteiger partial charge in [0.2, 0.25) is 0 Å². The number of nitrogens with two attached hydrogens (primary N) is 1. The van der Waals surface area contributed by atoms with E-state index in [-0.39, 0.29) is 15.6 Å². The Labute approximate surface area is 137 Å². The number of anilines is 2. The third-order valence-corrected chi connectivity index (χ3v) is 5.87. The zero-order valence-corrected chi connectivity index (χ0v) is 14.5. The number of hydrogen-bond donors (Lipinski definition) is 2. The third kappa shape index (κ3) is 3.25. The maximum Gasteiger partial charge on any atom is 0.264 e. The first kappa shape index (κ1) is 15.6. The van der Waals surface area contributed by atoms with E-state index in [9.17, 15) is 8.42 Å². The predicted octanol–water partition coefficient (Wildman–Crippen LogP) is 3.64. The number of aromatic nitrogens is 1. The molecule has 0 saturated carbocycles. The molecule has 1 heterocycles. The lowest BCUT2D eigenvalue weighted by Crippen LogP contribution is -2.15. The first-order chi connectivity index (χ1) is 9.31. The van der Waals surface area contributed by atoms with Crippen molar-refractivity contribution >= 4 is 64.9 Å². The van der Waals surface area contributed by atoms with Crippen LogP contribution in [0.5, 0.6) is 0 Å². The normalized spacial score (nSPS) is 11.3. The van der Waals surface area contributed by atoms with Crippen LogP contribution in [0.25, 0.3) is 0 Å². The molecule has 0 amide bonds. The number of rotatable bonds is 3. The summed E-state index contributed by atoms with van der Waals surface area (Å²) in [6.45, 7) is 0. The first-order valence-electron chi connectivity index (χ1n) is 5.18. The molecular formula is C11H8Br2ClN3O2S. The van der Waals surface area contributed by atoms with Gasteiger partial charge in [-0.25, -0.2) is 8.42 Å². The van der Waals surface area contributed by atoms with Gasteiger partial charge >= 0.3 is 0 Å². The number of hydrogen-bond acceptors (Lipinski definition) is 4. The van der Waals surface area contributed by atoms with Crippen LogP contribution < -0.4 is 10.5 Å². The summed E-state index contributed by atoms with van der Waals surface area (Å²) in [6.07, 6.45) is 2.80. The lowest BCUT2D eigenvalue weighted by molar-refractivity contribution is 0.600. The van der Waals surface area contributed by atoms with E-state index in [1.807, 2.05) is 0 Å². The summed E-state index contributed by atoms with van der Waals surface area (Å²) in [5, 5.41) is 0.256. The van der Waals surface area contributed by atoms with Crippen molar-refractivity contribution in [3.63, 3.8) is 0 Å². The van der Waals surface area contributed by atoms with E-state index in [0.29, 0.717) is 14.6 Å². The number of nitrogen functional groups attached to an aromatic ring is 1. The van der Waals surface area contributed by atoms with Gasteiger partial charge in [-0.05, 0) is 50.1 Å². The summed E-state index contributed by atoms with van der Waals surface area (Å²) < 4.78 is 27.9. The number of nitrogens with one attached hydrogen (secondary N) is 1. The Hall–Kier alpha value is -0.830. The summed E-state index contributed by atoms with van der Waals surface area (Å²) in [5.41, 5.74) is 6.27. The van der Waals surface area contributed by atoms with Gasteiger partial charge in [0.05, 0.1) is 16.9 Å². The fraction of sp³-hybridized carbons (Fsp3) is 0. The molecule has 2 aromatic rings. The lowest BCUT2D eigenvalue weighted by Gasteiger charge is -2.12. The highest BCUT2D eigenvalue weighted by Gasteiger charge is 2.22. The van der Waals surface area contributed by atoms with Gasteiger partial charge in [-0.15, -0.1) is 0 Å². The van der Waals surface area contributed by atoms with E-state index >= 15 is 0 Å². The van der Waals surface area contributed by atoms with E-state index in [1.165, 1.54) is 30.6 Å². The predicted molar refractivity (Wildman–Crippen MR) is 86.3 cm³/mol. The van der Waals surface area contributed by atoms with Crippen molar-refractivity contribution in [1.29, 1.82) is 0 Å². The van der Waals surface area contributed by atoms with Crippen LogP contribution >= 0.6 is 43.5 Å². The highest BCUT2D eigenvalue weighted by atomic mass is 79.9. The van der Waals surface area contributed by atoms with Crippen LogP contribution in [0.15, 0.2) is 44.4 Å². The van der Waals surface area contributed by atoms with Gasteiger partial charge in [0.1, 0.15) is 4.90 Å². The van der Waals surface area contributed by atoms with Crippen LogP contribution in [-0.2, 0) is 10.0 Å². The summed E-state index contributed by atoms with van der Waals surface area (Å²) in [7, 11) is -3.84. The van der Waals surface area contributed by atoms with Crippen molar-refractivity contribution in [1.82, 2.24) is 4.98 Å². The minimum absolute atomic E-state index is 0.0339. The maximum absolute atomic E-state index is 12.4. The highest BCUT2D eigenvalue weighted by molar-refractivity contribution is 9.11. The molecule has 0 aliphatic heterocycles. The van der Waals surface area contributed by atoms with E-state index in [2.05, 4.69) is 41.6 Å².